The first-order valence-corrected chi connectivity index (χ1v) is 49.5. The van der Waals surface area contributed by atoms with Gasteiger partial charge in [-0.25, -0.2) is 19.7 Å². The van der Waals surface area contributed by atoms with E-state index in [0.717, 1.165) is 145 Å². The summed E-state index contributed by atoms with van der Waals surface area (Å²) in [5.74, 6) is 1.01. The van der Waals surface area contributed by atoms with Crippen LogP contribution in [0.3, 0.4) is 0 Å². The molecule has 0 spiro atoms. The van der Waals surface area contributed by atoms with Gasteiger partial charge in [0.25, 0.3) is 5.91 Å². The first-order valence-electron chi connectivity index (χ1n) is 49.5. The monoisotopic (exact) mass is 1920 g/mol. The standard InChI is InChI=1S/C38H42N8O2.C37H43N9O2.C34H38F3N7O2/c1-27-9-6-10-28-11-7-14-34(36(27)28)44-20-17-32-33(25-44)41-38(48-26-30-13-8-19-43(30)3)42-37(32)45-21-22-46(31(24-45)23-39-2)35(47)16-15-29-12-4-5-18-40-29;1-26-8-5-9-28-10-6-12-33(35(26)28)44-17-15-31-32(24-44)40-37(48-25-29-11-7-16-42(29)3)41-36(31)45-18-19-46(30(23-45)21-38-2)34(47)14-13-27-20-39-43(4)22-27;1-22-8-5-9-24-10-6-12-29(30(22)24)42-15-13-27-28(20-42)39-33(46-21-25-11-7-14-41(25)4)40-31(27)43-16-17-44(26(19-43)18-38-3)32(45)23(2)34(35,36)37/h4-7,9-12,14-16,18,30-31H,8,13,17,19-26H2,1,3H3;5-6,8-10,12-14,20,22,29-30H,7,11,15-19,21,23-25H2,1,3-4H3;5-6,8-10,12,25-26H,2,7,11,13-21H2,1,4H3/b16-15+;14-13+;/t30-,31-;29-,30-;25-,26-/m000/s1. The van der Waals surface area contributed by atoms with E-state index in [-0.39, 0.29) is 75.2 Å². The summed E-state index contributed by atoms with van der Waals surface area (Å²) in [4.78, 5) is 110. The minimum absolute atomic E-state index is 0.0113. The molecular formula is C109H123F3N24O6. The fourth-order valence-electron chi connectivity index (χ4n) is 21.7. The summed E-state index contributed by atoms with van der Waals surface area (Å²) >= 11 is 0. The number of nitrogens with zero attached hydrogens (tertiary/aromatic N) is 24. The number of anilines is 6. The van der Waals surface area contributed by atoms with Gasteiger partial charge in [-0.1, -0.05) is 104 Å². The molecular weight excluding hydrogens is 1800 g/mol. The smallest absolute Gasteiger partial charge is 0.421 e. The van der Waals surface area contributed by atoms with Crippen LogP contribution in [0.4, 0.5) is 47.7 Å². The Bertz CT molecular complexity index is 6660. The number of carbonyl (C=O) groups excluding carboxylic acids is 3. The fourth-order valence-corrected chi connectivity index (χ4v) is 21.7. The first kappa shape index (κ1) is 97.9. The molecule has 0 N–H and O–H groups in total. The molecule has 6 fully saturated rings. The molecule has 0 radical (unpaired) electrons. The minimum atomic E-state index is -4.84. The number of amides is 3. The van der Waals surface area contributed by atoms with E-state index < -0.39 is 23.7 Å². The van der Waals surface area contributed by atoms with Gasteiger partial charge in [0.2, 0.25) is 31.4 Å². The van der Waals surface area contributed by atoms with Crippen molar-refractivity contribution in [2.75, 3.05) is 188 Å². The lowest BCUT2D eigenvalue weighted by molar-refractivity contribution is -0.141. The Balaban J connectivity index is 0.000000141. The third-order valence-corrected chi connectivity index (χ3v) is 29.5. The number of aryl methyl sites for hydroxylation is 4. The molecule has 5 aromatic heterocycles. The number of aromatic nitrogens is 9. The number of carbonyl (C=O) groups is 3. The third-order valence-electron chi connectivity index (χ3n) is 29.5. The molecule has 20 rings (SSSR count). The number of benzene rings is 6. The minimum Gasteiger partial charge on any atom is -0.462 e. The number of hydrogen-bond donors (Lipinski definition) is 0. The Morgan fingerprint density at radius 2 is 0.803 bits per heavy atom. The van der Waals surface area contributed by atoms with Gasteiger partial charge in [0.1, 0.15) is 61.0 Å². The maximum absolute atomic E-state index is 13.4. The lowest BCUT2D eigenvalue weighted by Crippen LogP contribution is -2.57. The van der Waals surface area contributed by atoms with E-state index in [1.165, 1.54) is 73.2 Å². The molecule has 30 nitrogen and oxygen atoms in total. The van der Waals surface area contributed by atoms with Crippen LogP contribution in [0.15, 0.2) is 170 Å². The van der Waals surface area contributed by atoms with Crippen LogP contribution >= 0.6 is 0 Å². The van der Waals surface area contributed by atoms with Crippen molar-refractivity contribution in [2.24, 2.45) is 7.05 Å². The van der Waals surface area contributed by atoms with Crippen LogP contribution < -0.4 is 43.6 Å². The van der Waals surface area contributed by atoms with Crippen molar-refractivity contribution in [1.82, 2.24) is 74.1 Å². The summed E-state index contributed by atoms with van der Waals surface area (Å²) in [6, 6.07) is 44.9. The van der Waals surface area contributed by atoms with Gasteiger partial charge in [0, 0.05) is 184 Å². The highest BCUT2D eigenvalue weighted by Gasteiger charge is 2.45. The second-order valence-corrected chi connectivity index (χ2v) is 38.6. The van der Waals surface area contributed by atoms with E-state index in [0.29, 0.717) is 115 Å². The van der Waals surface area contributed by atoms with Crippen LogP contribution in [-0.4, -0.2) is 293 Å². The van der Waals surface area contributed by atoms with Crippen molar-refractivity contribution in [1.29, 1.82) is 0 Å². The molecule has 11 aromatic rings. The van der Waals surface area contributed by atoms with Crippen LogP contribution in [0.25, 0.3) is 59.0 Å². The highest BCUT2D eigenvalue weighted by atomic mass is 19.4. The SMILES string of the molecule is [C-]#[N+]C[C@H]1CN(c2nc(OC[C@@H]3CCCN3C)nc3c2CCN(c2cccc4cccc(C)c24)C3)CCN1C(=O)/C=C/c1ccccn1.[C-]#[N+]C[C@H]1CN(c2nc(OC[C@@H]3CCCN3C)nc3c2CCN(c2cccc4cccc(C)c24)C3)CCN1C(=O)/C=C/c1cnn(C)c1.[C-]#[N+]C[C@H]1CN(c2nc(OC[C@@H]3CCCN3C)nc3c2CCN(c2cccc4cccc(C)c24)C3)CCN1C(=O)C(=C)C(F)(F)F. The number of fused-ring (bicyclic) bond motifs is 6. The number of hydrogen-bond acceptors (Lipinski definition) is 23. The van der Waals surface area contributed by atoms with Crippen molar-refractivity contribution in [3.05, 3.63) is 266 Å². The molecule has 736 valence electrons. The fraction of sp³-hybridized carbons (Fsp3) is 0.431. The highest BCUT2D eigenvalue weighted by molar-refractivity contribution is 6.00. The van der Waals surface area contributed by atoms with E-state index in [9.17, 15) is 27.6 Å². The predicted molar refractivity (Wildman–Crippen MR) is 548 cm³/mol. The van der Waals surface area contributed by atoms with Crippen LogP contribution in [0.2, 0.25) is 0 Å². The van der Waals surface area contributed by atoms with E-state index in [4.69, 9.17) is 63.8 Å². The van der Waals surface area contributed by atoms with Gasteiger partial charge in [0.05, 0.1) is 48.6 Å². The lowest BCUT2D eigenvalue weighted by Gasteiger charge is -2.41. The lowest BCUT2D eigenvalue weighted by atomic mass is 9.99. The second-order valence-electron chi connectivity index (χ2n) is 38.6. The van der Waals surface area contributed by atoms with Crippen molar-refractivity contribution >= 4 is 96.7 Å². The number of piperazine rings is 3. The number of halogens is 3. The number of alkyl halides is 3. The molecule has 14 heterocycles. The summed E-state index contributed by atoms with van der Waals surface area (Å²) in [5, 5.41) is 11.6. The third kappa shape index (κ3) is 21.9. The molecule has 6 aromatic carbocycles. The summed E-state index contributed by atoms with van der Waals surface area (Å²) in [6.07, 6.45) is 16.0. The molecule has 33 heteroatoms. The molecule has 9 aliphatic heterocycles. The van der Waals surface area contributed by atoms with E-state index in [2.05, 4.69) is 222 Å². The normalized spacial score (nSPS) is 20.1. The number of likely N-dealkylation sites (N-methyl/N-ethyl adjacent to an activating group) is 3. The van der Waals surface area contributed by atoms with Crippen LogP contribution in [0.1, 0.15) is 100 Å². The van der Waals surface area contributed by atoms with Gasteiger partial charge < -0.3 is 87.5 Å². The van der Waals surface area contributed by atoms with Crippen LogP contribution in [0, 0.1) is 40.5 Å². The molecule has 9 aliphatic rings. The summed E-state index contributed by atoms with van der Waals surface area (Å²) in [5.41, 5.74) is 13.5. The Labute approximate surface area is 828 Å². The summed E-state index contributed by atoms with van der Waals surface area (Å²) < 4.78 is 60.7. The van der Waals surface area contributed by atoms with Gasteiger partial charge in [-0.05, 0) is 195 Å². The molecule has 142 heavy (non-hydrogen) atoms. The predicted octanol–water partition coefficient (Wildman–Crippen LogP) is 14.4. The quantitative estimate of drug-likeness (QED) is 0.0427. The van der Waals surface area contributed by atoms with Gasteiger partial charge in [-0.2, -0.15) is 48.2 Å². The van der Waals surface area contributed by atoms with E-state index in [1.54, 1.807) is 41.4 Å². The zero-order chi connectivity index (χ0) is 98.8. The summed E-state index contributed by atoms with van der Waals surface area (Å²) in [6.45, 7) is 45.2. The van der Waals surface area contributed by atoms with Gasteiger partial charge >= 0.3 is 24.2 Å². The average Bonchev–Trinajstić information content (AvgIpc) is 0.900. The Kier molecular flexibility index (Phi) is 30.2. The van der Waals surface area contributed by atoms with Crippen molar-refractivity contribution < 1.29 is 41.8 Å². The Morgan fingerprint density at radius 1 is 0.437 bits per heavy atom. The maximum atomic E-state index is 13.4. The Morgan fingerprint density at radius 3 is 1.14 bits per heavy atom. The topological polar surface area (TPSA) is 239 Å². The van der Waals surface area contributed by atoms with Crippen molar-refractivity contribution in [2.45, 2.75) is 141 Å². The van der Waals surface area contributed by atoms with Gasteiger partial charge in [0.15, 0.2) is 0 Å². The summed E-state index contributed by atoms with van der Waals surface area (Å²) in [7, 11) is 8.22. The zero-order valence-electron chi connectivity index (χ0n) is 82.0. The molecule has 0 saturated carbocycles. The van der Waals surface area contributed by atoms with Crippen LogP contribution in [-0.2, 0) is 60.3 Å². The molecule has 0 aliphatic carbocycles. The number of rotatable bonds is 23. The number of likely N-dealkylation sites (tertiary alicyclic amines) is 3. The molecule has 6 atom stereocenters. The molecule has 0 unspecified atom stereocenters. The molecule has 0 bridgehead atoms. The van der Waals surface area contributed by atoms with E-state index >= 15 is 0 Å². The highest BCUT2D eigenvalue weighted by Crippen LogP contribution is 2.42. The van der Waals surface area contributed by atoms with Crippen LogP contribution in [0.5, 0.6) is 18.0 Å². The Hall–Kier alpha value is -14.3. The van der Waals surface area contributed by atoms with Gasteiger partial charge in [-0.15, -0.1) is 0 Å². The van der Waals surface area contributed by atoms with Gasteiger partial charge in [-0.3, -0.25) is 24.0 Å². The first-order chi connectivity index (χ1) is 68.9. The number of ether oxygens (including phenoxy) is 3. The largest absolute Gasteiger partial charge is 0.462 e. The zero-order valence-corrected chi connectivity index (χ0v) is 82.0. The number of pyridine rings is 1. The van der Waals surface area contributed by atoms with E-state index in [1.807, 2.05) is 46.1 Å². The second kappa shape index (κ2) is 43.8. The van der Waals surface area contributed by atoms with Crippen molar-refractivity contribution in [3.63, 3.8) is 0 Å². The van der Waals surface area contributed by atoms with Crippen molar-refractivity contribution in [3.8, 4) is 18.0 Å². The average molecular weight is 1920 g/mol. The molecule has 3 amide bonds. The maximum Gasteiger partial charge on any atom is 0.421 e. The molecule has 6 saturated heterocycles.